The van der Waals surface area contributed by atoms with Gasteiger partial charge in [0.2, 0.25) is 10.0 Å². The molecular weight excluding hydrogens is 542 g/mol. The van der Waals surface area contributed by atoms with Gasteiger partial charge in [-0.15, -0.1) is 0 Å². The van der Waals surface area contributed by atoms with Crippen molar-refractivity contribution in [2.24, 2.45) is 0 Å². The molecule has 0 aliphatic heterocycles. The maximum Gasteiger partial charge on any atom is 0.260 e. The van der Waals surface area contributed by atoms with E-state index in [2.05, 4.69) is 0 Å². The Kier molecular flexibility index (Phi) is 7.90. The third kappa shape index (κ3) is 5.38. The van der Waals surface area contributed by atoms with E-state index in [4.69, 9.17) is 21.0 Å². The van der Waals surface area contributed by atoms with Gasteiger partial charge in [0.1, 0.15) is 5.76 Å². The summed E-state index contributed by atoms with van der Waals surface area (Å²) in [5, 5.41) is 1.12. The van der Waals surface area contributed by atoms with Crippen LogP contribution in [-0.2, 0) is 16.6 Å². The Hall–Kier alpha value is -2.72. The molecule has 2 aromatic carbocycles. The molecule has 10 heteroatoms. The molecule has 5 rings (SSSR count). The second-order valence-electron chi connectivity index (χ2n) is 9.56. The van der Waals surface area contributed by atoms with E-state index in [-0.39, 0.29) is 23.4 Å². The summed E-state index contributed by atoms with van der Waals surface area (Å²) in [5.74, 6) is 0.311. The maximum atomic E-state index is 13.8. The van der Waals surface area contributed by atoms with E-state index in [1.807, 2.05) is 26.0 Å². The molecule has 0 saturated heterocycles. The van der Waals surface area contributed by atoms with Crippen molar-refractivity contribution in [3.05, 3.63) is 76.7 Å². The number of carbonyl (C=O) groups is 1. The number of hydrogen-bond acceptors (Lipinski definition) is 6. The number of aryl methyl sites for hydroxylation is 1. The fourth-order valence-corrected chi connectivity index (χ4v) is 8.21. The van der Waals surface area contributed by atoms with Gasteiger partial charge in [-0.3, -0.25) is 9.69 Å². The highest BCUT2D eigenvalue weighted by Crippen LogP contribution is 2.35. The lowest BCUT2D eigenvalue weighted by Gasteiger charge is -2.32. The smallest absolute Gasteiger partial charge is 0.260 e. The van der Waals surface area contributed by atoms with Crippen molar-refractivity contribution in [1.82, 2.24) is 9.29 Å². The second kappa shape index (κ2) is 11.2. The van der Waals surface area contributed by atoms with Gasteiger partial charge in [-0.05, 0) is 73.9 Å². The van der Waals surface area contributed by atoms with Crippen LogP contribution < -0.4 is 4.90 Å². The van der Waals surface area contributed by atoms with E-state index >= 15 is 0 Å². The van der Waals surface area contributed by atoms with Gasteiger partial charge in [-0.1, -0.05) is 49.1 Å². The molecule has 4 aromatic rings. The molecule has 1 fully saturated rings. The normalized spacial score (nSPS) is 14.8. The molecule has 2 heterocycles. The van der Waals surface area contributed by atoms with Gasteiger partial charge in [0, 0.05) is 23.2 Å². The highest BCUT2D eigenvalue weighted by Gasteiger charge is 2.31. The predicted molar refractivity (Wildman–Crippen MR) is 151 cm³/mol. The van der Waals surface area contributed by atoms with Gasteiger partial charge >= 0.3 is 0 Å². The molecule has 1 saturated carbocycles. The molecule has 0 N–H and O–H groups in total. The number of carbonyl (C=O) groups excluding carboxylic acids is 1. The molecule has 0 atom stereocenters. The Morgan fingerprint density at radius 3 is 2.53 bits per heavy atom. The Balaban J connectivity index is 1.46. The topological polar surface area (TPSA) is 83.7 Å². The largest absolute Gasteiger partial charge is 0.467 e. The van der Waals surface area contributed by atoms with E-state index in [1.165, 1.54) is 23.5 Å². The van der Waals surface area contributed by atoms with Crippen molar-refractivity contribution < 1.29 is 17.6 Å². The summed E-state index contributed by atoms with van der Waals surface area (Å²) < 4.78 is 35.0. The minimum Gasteiger partial charge on any atom is -0.467 e. The summed E-state index contributed by atoms with van der Waals surface area (Å²) in [6.07, 6.45) is 6.59. The van der Waals surface area contributed by atoms with Crippen LogP contribution in [0.5, 0.6) is 0 Å². The van der Waals surface area contributed by atoms with Crippen LogP contribution in [0.1, 0.15) is 60.7 Å². The number of aromatic nitrogens is 1. The van der Waals surface area contributed by atoms with E-state index in [0.717, 1.165) is 47.9 Å². The number of rotatable bonds is 8. The number of fused-ring (bicyclic) bond motifs is 1. The molecule has 2 aromatic heterocycles. The number of hydrogen-bond donors (Lipinski definition) is 0. The van der Waals surface area contributed by atoms with Crippen LogP contribution in [0.2, 0.25) is 5.02 Å². The number of anilines is 1. The molecule has 1 aliphatic carbocycles. The Morgan fingerprint density at radius 2 is 1.87 bits per heavy atom. The monoisotopic (exact) mass is 571 g/mol. The van der Waals surface area contributed by atoms with Crippen molar-refractivity contribution in [1.29, 1.82) is 0 Å². The highest BCUT2D eigenvalue weighted by molar-refractivity contribution is 7.89. The summed E-state index contributed by atoms with van der Waals surface area (Å²) in [6, 6.07) is 13.5. The van der Waals surface area contributed by atoms with Crippen LogP contribution >= 0.6 is 22.9 Å². The summed E-state index contributed by atoms with van der Waals surface area (Å²) in [4.78, 5) is 20.3. The SMILES string of the molecule is CCN(C1CCCCC1)S(=O)(=O)c1ccc(C(=O)N(Cc2ccco2)c2nc3c(C)cc(Cl)cc3s2)cc1. The number of sulfonamides is 1. The quantitative estimate of drug-likeness (QED) is 0.226. The zero-order valence-electron chi connectivity index (χ0n) is 21.4. The number of thiazole rings is 1. The van der Waals surface area contributed by atoms with Gasteiger partial charge in [0.15, 0.2) is 5.13 Å². The number of nitrogens with zero attached hydrogens (tertiary/aromatic N) is 3. The molecule has 0 unspecified atom stereocenters. The van der Waals surface area contributed by atoms with Crippen LogP contribution in [0.3, 0.4) is 0 Å². The van der Waals surface area contributed by atoms with Crippen molar-refractivity contribution in [2.45, 2.75) is 63.4 Å². The van der Waals surface area contributed by atoms with Crippen LogP contribution in [0.25, 0.3) is 10.2 Å². The average molecular weight is 572 g/mol. The van der Waals surface area contributed by atoms with E-state index in [0.29, 0.717) is 28.0 Å². The Labute approximate surface area is 232 Å². The lowest BCUT2D eigenvalue weighted by molar-refractivity contribution is 0.0983. The number of halogens is 1. The molecule has 0 radical (unpaired) electrons. The standard InChI is InChI=1S/C28H30ClN3O4S2/c1-3-32(22-8-5-4-6-9-22)38(34,35)24-13-11-20(12-14-24)27(33)31(18-23-10-7-15-36-23)28-30-26-19(2)16-21(29)17-25(26)37-28/h7,10-17,22H,3-6,8-9,18H2,1-2H3. The maximum absolute atomic E-state index is 13.8. The van der Waals surface area contributed by atoms with Gasteiger partial charge in [0.05, 0.1) is 27.9 Å². The minimum atomic E-state index is -3.66. The van der Waals surface area contributed by atoms with Crippen molar-refractivity contribution in [2.75, 3.05) is 11.4 Å². The van der Waals surface area contributed by atoms with Gasteiger partial charge in [-0.25, -0.2) is 13.4 Å². The second-order valence-corrected chi connectivity index (χ2v) is 12.9. The first-order chi connectivity index (χ1) is 18.3. The van der Waals surface area contributed by atoms with Gasteiger partial charge in [0.25, 0.3) is 5.91 Å². The third-order valence-corrected chi connectivity index (χ3v) is 10.3. The van der Waals surface area contributed by atoms with Crippen LogP contribution in [0.15, 0.2) is 64.1 Å². The van der Waals surface area contributed by atoms with Crippen LogP contribution in [0, 0.1) is 6.92 Å². The van der Waals surface area contributed by atoms with E-state index in [1.54, 1.807) is 39.7 Å². The molecule has 38 heavy (non-hydrogen) atoms. The fraction of sp³-hybridized carbons (Fsp3) is 0.357. The number of amides is 1. The Bertz CT molecular complexity index is 1530. The zero-order chi connectivity index (χ0) is 26.9. The first kappa shape index (κ1) is 26.9. The van der Waals surface area contributed by atoms with E-state index < -0.39 is 10.0 Å². The molecular formula is C28H30ClN3O4S2. The molecule has 1 amide bonds. The molecule has 0 spiro atoms. The highest BCUT2D eigenvalue weighted by atomic mass is 35.5. The Morgan fingerprint density at radius 1 is 1.13 bits per heavy atom. The zero-order valence-corrected chi connectivity index (χ0v) is 23.8. The van der Waals surface area contributed by atoms with E-state index in [9.17, 15) is 13.2 Å². The van der Waals surface area contributed by atoms with Gasteiger partial charge < -0.3 is 4.42 Å². The first-order valence-corrected chi connectivity index (χ1v) is 15.4. The van der Waals surface area contributed by atoms with Crippen molar-refractivity contribution in [3.8, 4) is 0 Å². The summed E-state index contributed by atoms with van der Waals surface area (Å²) in [6.45, 7) is 4.42. The summed E-state index contributed by atoms with van der Waals surface area (Å²) in [5.41, 5.74) is 2.08. The molecule has 0 bridgehead atoms. The average Bonchev–Trinajstić information content (AvgIpc) is 3.58. The van der Waals surface area contributed by atoms with Crippen molar-refractivity contribution in [3.63, 3.8) is 0 Å². The van der Waals surface area contributed by atoms with Crippen molar-refractivity contribution >= 4 is 54.2 Å². The predicted octanol–water partition coefficient (Wildman–Crippen LogP) is 7.04. The molecule has 200 valence electrons. The number of benzene rings is 2. The lowest BCUT2D eigenvalue weighted by atomic mass is 9.95. The molecule has 7 nitrogen and oxygen atoms in total. The first-order valence-electron chi connectivity index (χ1n) is 12.8. The fourth-order valence-electron chi connectivity index (χ4n) is 5.10. The van der Waals surface area contributed by atoms with Crippen LogP contribution in [-0.4, -0.2) is 36.2 Å². The van der Waals surface area contributed by atoms with Gasteiger partial charge in [-0.2, -0.15) is 4.31 Å². The van der Waals surface area contributed by atoms with Crippen LogP contribution in [0.4, 0.5) is 5.13 Å². The lowest BCUT2D eigenvalue weighted by Crippen LogP contribution is -2.41. The molecule has 1 aliphatic rings. The summed E-state index contributed by atoms with van der Waals surface area (Å²) >= 11 is 7.62. The minimum absolute atomic E-state index is 0.0276. The summed E-state index contributed by atoms with van der Waals surface area (Å²) in [7, 11) is -3.66. The third-order valence-electron chi connectivity index (χ3n) is 7.01. The number of furan rings is 1.